The summed E-state index contributed by atoms with van der Waals surface area (Å²) in [7, 11) is 0. The van der Waals surface area contributed by atoms with E-state index >= 15 is 0 Å². The zero-order chi connectivity index (χ0) is 16.3. The van der Waals surface area contributed by atoms with Crippen molar-refractivity contribution < 1.29 is 14.3 Å². The Kier molecular flexibility index (Phi) is 5.36. The SMILES string of the molecule is C=CCCCC1=C(C)O[C@@]2(C[C@H](C)CC[C@H]2C(C)C)OC1=O. The molecule has 0 saturated heterocycles. The highest BCUT2D eigenvalue weighted by molar-refractivity contribution is 5.89. The summed E-state index contributed by atoms with van der Waals surface area (Å²) in [5, 5.41) is 0. The summed E-state index contributed by atoms with van der Waals surface area (Å²) in [4.78, 5) is 12.6. The third-order valence-corrected chi connectivity index (χ3v) is 5.07. The monoisotopic (exact) mass is 306 g/mol. The van der Waals surface area contributed by atoms with Crippen LogP contribution in [0.25, 0.3) is 0 Å². The molecule has 0 bridgehead atoms. The Morgan fingerprint density at radius 1 is 1.36 bits per heavy atom. The van der Waals surface area contributed by atoms with Gasteiger partial charge in [-0.05, 0) is 50.9 Å². The minimum atomic E-state index is -0.741. The Balaban J connectivity index is 2.22. The molecule has 0 unspecified atom stereocenters. The molecule has 22 heavy (non-hydrogen) atoms. The van der Waals surface area contributed by atoms with Crippen LogP contribution in [0.15, 0.2) is 24.0 Å². The highest BCUT2D eigenvalue weighted by atomic mass is 16.7. The van der Waals surface area contributed by atoms with Crippen molar-refractivity contribution in [3.8, 4) is 0 Å². The molecule has 1 heterocycles. The molecule has 2 aliphatic rings. The lowest BCUT2D eigenvalue weighted by Gasteiger charge is -2.48. The summed E-state index contributed by atoms with van der Waals surface area (Å²) in [5.41, 5.74) is 0.702. The van der Waals surface area contributed by atoms with Crippen LogP contribution in [0.4, 0.5) is 0 Å². The first-order valence-electron chi connectivity index (χ1n) is 8.62. The predicted octanol–water partition coefficient (Wildman–Crippen LogP) is 4.98. The number of hydrogen-bond donors (Lipinski definition) is 0. The van der Waals surface area contributed by atoms with Gasteiger partial charge in [0.05, 0.1) is 5.57 Å². The summed E-state index contributed by atoms with van der Waals surface area (Å²) >= 11 is 0. The van der Waals surface area contributed by atoms with E-state index in [-0.39, 0.29) is 11.9 Å². The Labute approximate surface area is 134 Å². The van der Waals surface area contributed by atoms with E-state index in [9.17, 15) is 4.79 Å². The maximum Gasteiger partial charge on any atom is 0.340 e. The number of unbranched alkanes of at least 4 members (excludes halogenated alkanes) is 1. The molecule has 0 aromatic rings. The molecule has 0 amide bonds. The Morgan fingerprint density at radius 2 is 2.09 bits per heavy atom. The van der Waals surface area contributed by atoms with E-state index in [0.717, 1.165) is 31.4 Å². The molecule has 0 aromatic heterocycles. The maximum absolute atomic E-state index is 12.6. The second kappa shape index (κ2) is 6.89. The molecule has 3 nitrogen and oxygen atoms in total. The van der Waals surface area contributed by atoms with E-state index in [0.29, 0.717) is 23.8 Å². The molecule has 1 fully saturated rings. The second-order valence-electron chi connectivity index (χ2n) is 7.26. The van der Waals surface area contributed by atoms with Crippen molar-refractivity contribution in [3.63, 3.8) is 0 Å². The van der Waals surface area contributed by atoms with Crippen LogP contribution < -0.4 is 0 Å². The lowest BCUT2D eigenvalue weighted by Crippen LogP contribution is -2.53. The summed E-state index contributed by atoms with van der Waals surface area (Å²) in [6.45, 7) is 12.2. The van der Waals surface area contributed by atoms with Crippen LogP contribution in [0, 0.1) is 17.8 Å². The van der Waals surface area contributed by atoms with Crippen molar-refractivity contribution in [3.05, 3.63) is 24.0 Å². The highest BCUT2D eigenvalue weighted by Crippen LogP contribution is 2.47. The normalized spacial score (nSPS) is 32.1. The largest absolute Gasteiger partial charge is 0.456 e. The first kappa shape index (κ1) is 17.1. The van der Waals surface area contributed by atoms with Crippen LogP contribution in [-0.2, 0) is 14.3 Å². The van der Waals surface area contributed by atoms with Crippen molar-refractivity contribution in [1.82, 2.24) is 0 Å². The molecule has 3 atom stereocenters. The van der Waals surface area contributed by atoms with Gasteiger partial charge in [-0.25, -0.2) is 4.79 Å². The number of allylic oxidation sites excluding steroid dienone is 2. The minimum Gasteiger partial charge on any atom is -0.456 e. The molecule has 1 saturated carbocycles. The van der Waals surface area contributed by atoms with Gasteiger partial charge in [-0.2, -0.15) is 0 Å². The first-order valence-corrected chi connectivity index (χ1v) is 8.62. The smallest absolute Gasteiger partial charge is 0.340 e. The Morgan fingerprint density at radius 3 is 2.68 bits per heavy atom. The summed E-state index contributed by atoms with van der Waals surface area (Å²) in [6.07, 6.45) is 7.44. The van der Waals surface area contributed by atoms with Crippen LogP contribution in [0.1, 0.15) is 66.2 Å². The number of ether oxygens (including phenoxy) is 2. The fraction of sp³-hybridized carbons (Fsp3) is 0.737. The van der Waals surface area contributed by atoms with E-state index < -0.39 is 5.79 Å². The summed E-state index contributed by atoms with van der Waals surface area (Å²) < 4.78 is 12.2. The molecule has 0 radical (unpaired) electrons. The molecular weight excluding hydrogens is 276 g/mol. The fourth-order valence-corrected chi connectivity index (χ4v) is 3.90. The quantitative estimate of drug-likeness (QED) is 0.408. The topological polar surface area (TPSA) is 35.5 Å². The molecule has 0 aromatic carbocycles. The number of esters is 1. The van der Waals surface area contributed by atoms with Crippen molar-refractivity contribution in [2.75, 3.05) is 0 Å². The standard InChI is InChI=1S/C19H30O3/c1-6-7-8-9-16-15(5)21-19(22-18(16)20)12-14(4)10-11-17(19)13(2)3/h6,13-14,17H,1,7-12H2,2-5H3/t14-,17+,19+/m1/s1. The molecular formula is C19H30O3. The van der Waals surface area contributed by atoms with Crippen LogP contribution in [0.3, 0.4) is 0 Å². The molecule has 3 heteroatoms. The van der Waals surface area contributed by atoms with Gasteiger partial charge < -0.3 is 9.47 Å². The van der Waals surface area contributed by atoms with E-state index in [1.807, 2.05) is 13.0 Å². The van der Waals surface area contributed by atoms with Gasteiger partial charge >= 0.3 is 5.97 Å². The van der Waals surface area contributed by atoms with Gasteiger partial charge in [0.15, 0.2) is 0 Å². The number of rotatable bonds is 5. The van der Waals surface area contributed by atoms with Gasteiger partial charge in [0.25, 0.3) is 5.79 Å². The van der Waals surface area contributed by atoms with Crippen molar-refractivity contribution >= 4 is 5.97 Å². The van der Waals surface area contributed by atoms with Gasteiger partial charge in [-0.1, -0.05) is 26.8 Å². The lowest BCUT2D eigenvalue weighted by atomic mass is 9.72. The second-order valence-corrected chi connectivity index (χ2v) is 7.26. The van der Waals surface area contributed by atoms with Crippen LogP contribution in [0.5, 0.6) is 0 Å². The van der Waals surface area contributed by atoms with Gasteiger partial charge in [-0.15, -0.1) is 6.58 Å². The molecule has 124 valence electrons. The summed E-state index contributed by atoms with van der Waals surface area (Å²) in [6, 6.07) is 0. The van der Waals surface area contributed by atoms with Crippen molar-refractivity contribution in [2.45, 2.75) is 72.0 Å². The maximum atomic E-state index is 12.6. The molecule has 1 aliphatic carbocycles. The summed E-state index contributed by atoms with van der Waals surface area (Å²) in [5.74, 6) is 1.09. The third-order valence-electron chi connectivity index (χ3n) is 5.07. The van der Waals surface area contributed by atoms with E-state index in [4.69, 9.17) is 9.47 Å². The zero-order valence-electron chi connectivity index (χ0n) is 14.5. The average molecular weight is 306 g/mol. The predicted molar refractivity (Wildman–Crippen MR) is 88.0 cm³/mol. The van der Waals surface area contributed by atoms with E-state index in [1.165, 1.54) is 6.42 Å². The van der Waals surface area contributed by atoms with Gasteiger partial charge in [-0.3, -0.25) is 0 Å². The van der Waals surface area contributed by atoms with Crippen molar-refractivity contribution in [1.29, 1.82) is 0 Å². The Bertz CT molecular complexity index is 463. The number of carbonyl (C=O) groups is 1. The zero-order valence-corrected chi connectivity index (χ0v) is 14.5. The van der Waals surface area contributed by atoms with Crippen LogP contribution in [0.2, 0.25) is 0 Å². The third kappa shape index (κ3) is 3.39. The van der Waals surface area contributed by atoms with E-state index in [2.05, 4.69) is 27.4 Å². The Hall–Kier alpha value is -1.25. The first-order chi connectivity index (χ1) is 10.4. The molecule has 2 rings (SSSR count). The van der Waals surface area contributed by atoms with Crippen LogP contribution >= 0.6 is 0 Å². The number of carbonyl (C=O) groups excluding carboxylic acids is 1. The van der Waals surface area contributed by atoms with Gasteiger partial charge in [0.1, 0.15) is 5.76 Å². The van der Waals surface area contributed by atoms with Crippen LogP contribution in [-0.4, -0.2) is 11.8 Å². The number of hydrogen-bond acceptors (Lipinski definition) is 3. The average Bonchev–Trinajstić information content (AvgIpc) is 2.41. The highest BCUT2D eigenvalue weighted by Gasteiger charge is 2.52. The molecule has 0 N–H and O–H groups in total. The van der Waals surface area contributed by atoms with Gasteiger partial charge in [0, 0.05) is 12.3 Å². The fourth-order valence-electron chi connectivity index (χ4n) is 3.90. The van der Waals surface area contributed by atoms with Gasteiger partial charge in [0.2, 0.25) is 0 Å². The van der Waals surface area contributed by atoms with Crippen molar-refractivity contribution in [2.24, 2.45) is 17.8 Å². The minimum absolute atomic E-state index is 0.174. The molecule has 1 spiro atoms. The molecule has 1 aliphatic heterocycles. The lowest BCUT2D eigenvalue weighted by molar-refractivity contribution is -0.270. The van der Waals surface area contributed by atoms with E-state index in [1.54, 1.807) is 0 Å².